The number of hydrogen-bond donors (Lipinski definition) is 3. The maximum atomic E-state index is 12.1. The molecule has 0 atom stereocenters. The van der Waals surface area contributed by atoms with Crippen LogP contribution in [0.25, 0.3) is 0 Å². The van der Waals surface area contributed by atoms with Crippen LogP contribution in [0.15, 0.2) is 30.5 Å². The molecule has 0 saturated carbocycles. The first kappa shape index (κ1) is 17.2. The number of carbonyl (C=O) groups is 3. The minimum absolute atomic E-state index is 0.224. The summed E-state index contributed by atoms with van der Waals surface area (Å²) >= 11 is 0. The second-order valence-electron chi connectivity index (χ2n) is 4.57. The minimum Gasteiger partial charge on any atom is -0.398 e. The summed E-state index contributed by atoms with van der Waals surface area (Å²) in [5.74, 6) is -0.308. The normalized spacial score (nSPS) is 10.3. The summed E-state index contributed by atoms with van der Waals surface area (Å²) in [5, 5.41) is 5.14. The SMILES string of the molecule is CNC(=O)N(/C=C\C=O)CCNC(=O)c1cc(C)ccc1N. The van der Waals surface area contributed by atoms with Crippen LogP contribution in [0.1, 0.15) is 15.9 Å². The molecule has 0 aromatic heterocycles. The molecule has 7 nitrogen and oxygen atoms in total. The largest absolute Gasteiger partial charge is 0.398 e. The summed E-state index contributed by atoms with van der Waals surface area (Å²) in [7, 11) is 1.48. The molecule has 0 spiro atoms. The summed E-state index contributed by atoms with van der Waals surface area (Å²) in [6.07, 6.45) is 3.12. The summed E-state index contributed by atoms with van der Waals surface area (Å²) < 4.78 is 0. The summed E-state index contributed by atoms with van der Waals surface area (Å²) in [4.78, 5) is 35.3. The van der Waals surface area contributed by atoms with Gasteiger partial charge in [-0.15, -0.1) is 0 Å². The van der Waals surface area contributed by atoms with Crippen LogP contribution in [0.4, 0.5) is 10.5 Å². The zero-order valence-electron chi connectivity index (χ0n) is 12.6. The highest BCUT2D eigenvalue weighted by atomic mass is 16.2. The maximum Gasteiger partial charge on any atom is 0.321 e. The lowest BCUT2D eigenvalue weighted by atomic mass is 10.1. The van der Waals surface area contributed by atoms with Gasteiger partial charge in [-0.25, -0.2) is 4.79 Å². The van der Waals surface area contributed by atoms with Gasteiger partial charge in [-0.05, 0) is 25.1 Å². The molecule has 0 bridgehead atoms. The third kappa shape index (κ3) is 4.93. The van der Waals surface area contributed by atoms with Gasteiger partial charge >= 0.3 is 6.03 Å². The van der Waals surface area contributed by atoms with Crippen LogP contribution < -0.4 is 16.4 Å². The molecule has 1 rings (SSSR count). The van der Waals surface area contributed by atoms with Crippen molar-refractivity contribution < 1.29 is 14.4 Å². The molecule has 0 aliphatic heterocycles. The standard InChI is InChI=1S/C15H20N4O3/c1-11-4-5-13(16)12(10-11)14(21)18-6-8-19(7-3-9-20)15(22)17-2/h3-5,7,9-10H,6,8,16H2,1-2H3,(H,17,22)(H,18,21)/b7-3-. The summed E-state index contributed by atoms with van der Waals surface area (Å²) in [6, 6.07) is 4.83. The Bertz CT molecular complexity index is 584. The van der Waals surface area contributed by atoms with Gasteiger partial charge in [-0.3, -0.25) is 14.5 Å². The van der Waals surface area contributed by atoms with Gasteiger partial charge < -0.3 is 16.4 Å². The molecule has 0 aliphatic rings. The summed E-state index contributed by atoms with van der Waals surface area (Å²) in [5.41, 5.74) is 7.50. The lowest BCUT2D eigenvalue weighted by Gasteiger charge is -2.18. The van der Waals surface area contributed by atoms with E-state index >= 15 is 0 Å². The van der Waals surface area contributed by atoms with E-state index in [4.69, 9.17) is 5.73 Å². The molecule has 0 saturated heterocycles. The Labute approximate surface area is 129 Å². The van der Waals surface area contributed by atoms with Crippen LogP contribution in [0.5, 0.6) is 0 Å². The Kier molecular flexibility index (Phi) is 6.62. The Balaban J connectivity index is 2.62. The number of nitrogens with zero attached hydrogens (tertiary/aromatic N) is 1. The van der Waals surface area contributed by atoms with E-state index in [0.717, 1.165) is 5.56 Å². The van der Waals surface area contributed by atoms with E-state index in [-0.39, 0.29) is 25.0 Å². The van der Waals surface area contributed by atoms with Crippen molar-refractivity contribution in [2.45, 2.75) is 6.92 Å². The van der Waals surface area contributed by atoms with E-state index < -0.39 is 0 Å². The van der Waals surface area contributed by atoms with Crippen molar-refractivity contribution in [2.24, 2.45) is 0 Å². The topological polar surface area (TPSA) is 105 Å². The smallest absolute Gasteiger partial charge is 0.321 e. The highest BCUT2D eigenvalue weighted by molar-refractivity contribution is 5.99. The molecule has 22 heavy (non-hydrogen) atoms. The van der Waals surface area contributed by atoms with E-state index in [1.54, 1.807) is 12.1 Å². The highest BCUT2D eigenvalue weighted by Crippen LogP contribution is 2.13. The van der Waals surface area contributed by atoms with Gasteiger partial charge in [0.1, 0.15) is 6.29 Å². The molecular weight excluding hydrogens is 284 g/mol. The molecule has 4 N–H and O–H groups in total. The number of aldehydes is 1. The molecule has 7 heteroatoms. The average Bonchev–Trinajstić information content (AvgIpc) is 2.51. The molecule has 118 valence electrons. The number of rotatable bonds is 6. The number of nitrogen functional groups attached to an aromatic ring is 1. The maximum absolute atomic E-state index is 12.1. The van der Waals surface area contributed by atoms with Crippen LogP contribution in [-0.2, 0) is 4.79 Å². The third-order valence-electron chi connectivity index (χ3n) is 2.91. The molecule has 3 amide bonds. The van der Waals surface area contributed by atoms with Crippen molar-refractivity contribution in [3.05, 3.63) is 41.6 Å². The number of anilines is 1. The number of carbonyl (C=O) groups excluding carboxylic acids is 3. The Morgan fingerprint density at radius 3 is 2.73 bits per heavy atom. The first-order valence-corrected chi connectivity index (χ1v) is 6.74. The zero-order chi connectivity index (χ0) is 16.5. The fourth-order valence-electron chi connectivity index (χ4n) is 1.78. The van der Waals surface area contributed by atoms with E-state index in [1.807, 2.05) is 13.0 Å². The van der Waals surface area contributed by atoms with Crippen LogP contribution in [0.3, 0.4) is 0 Å². The van der Waals surface area contributed by atoms with Gasteiger partial charge in [0.15, 0.2) is 0 Å². The predicted molar refractivity (Wildman–Crippen MR) is 84.3 cm³/mol. The van der Waals surface area contributed by atoms with Gasteiger partial charge in [-0.2, -0.15) is 0 Å². The Morgan fingerprint density at radius 2 is 2.09 bits per heavy atom. The van der Waals surface area contributed by atoms with Crippen LogP contribution in [-0.4, -0.2) is 43.3 Å². The predicted octanol–water partition coefficient (Wildman–Crippen LogP) is 0.661. The number of amides is 3. The van der Waals surface area contributed by atoms with E-state index in [1.165, 1.54) is 24.2 Å². The first-order valence-electron chi connectivity index (χ1n) is 6.74. The summed E-state index contributed by atoms with van der Waals surface area (Å²) in [6.45, 7) is 2.32. The molecule has 1 aromatic carbocycles. The van der Waals surface area contributed by atoms with Crippen LogP contribution in [0.2, 0.25) is 0 Å². The number of allylic oxidation sites excluding steroid dienone is 1. The van der Waals surface area contributed by atoms with Crippen molar-refractivity contribution in [1.82, 2.24) is 15.5 Å². The van der Waals surface area contributed by atoms with Gasteiger partial charge in [0, 0.05) is 32.0 Å². The van der Waals surface area contributed by atoms with Gasteiger partial charge in [0.05, 0.1) is 5.56 Å². The minimum atomic E-state index is -0.373. The average molecular weight is 304 g/mol. The number of nitrogens with one attached hydrogen (secondary N) is 2. The molecule has 1 aromatic rings. The van der Waals surface area contributed by atoms with E-state index in [2.05, 4.69) is 10.6 Å². The molecule has 0 unspecified atom stereocenters. The first-order chi connectivity index (χ1) is 10.5. The fourth-order valence-corrected chi connectivity index (χ4v) is 1.78. The zero-order valence-corrected chi connectivity index (χ0v) is 12.6. The monoisotopic (exact) mass is 304 g/mol. The van der Waals surface area contributed by atoms with Crippen molar-refractivity contribution in [1.29, 1.82) is 0 Å². The Hall–Kier alpha value is -2.83. The van der Waals surface area contributed by atoms with Crippen LogP contribution in [0, 0.1) is 6.92 Å². The van der Waals surface area contributed by atoms with Gasteiger partial charge in [0.2, 0.25) is 0 Å². The van der Waals surface area contributed by atoms with Crippen molar-refractivity contribution in [3.8, 4) is 0 Å². The molecule has 0 aliphatic carbocycles. The molecule has 0 fully saturated rings. The quantitative estimate of drug-likeness (QED) is 0.408. The van der Waals surface area contributed by atoms with Crippen molar-refractivity contribution >= 4 is 23.9 Å². The van der Waals surface area contributed by atoms with Gasteiger partial charge in [-0.1, -0.05) is 11.6 Å². The number of aryl methyl sites for hydroxylation is 1. The van der Waals surface area contributed by atoms with E-state index in [0.29, 0.717) is 17.5 Å². The van der Waals surface area contributed by atoms with Crippen molar-refractivity contribution in [3.63, 3.8) is 0 Å². The van der Waals surface area contributed by atoms with Gasteiger partial charge in [0.25, 0.3) is 5.91 Å². The van der Waals surface area contributed by atoms with E-state index in [9.17, 15) is 14.4 Å². The fraction of sp³-hybridized carbons (Fsp3) is 0.267. The lowest BCUT2D eigenvalue weighted by molar-refractivity contribution is -0.104. The molecular formula is C15H20N4O3. The molecule has 0 heterocycles. The van der Waals surface area contributed by atoms with Crippen LogP contribution >= 0.6 is 0 Å². The third-order valence-corrected chi connectivity index (χ3v) is 2.91. The highest BCUT2D eigenvalue weighted by Gasteiger charge is 2.12. The number of hydrogen-bond acceptors (Lipinski definition) is 4. The number of nitrogens with two attached hydrogens (primary N) is 1. The molecule has 0 radical (unpaired) electrons. The number of urea groups is 1. The second-order valence-corrected chi connectivity index (χ2v) is 4.57. The van der Waals surface area contributed by atoms with Crippen molar-refractivity contribution in [2.75, 3.05) is 25.9 Å². The Morgan fingerprint density at radius 1 is 1.36 bits per heavy atom. The lowest BCUT2D eigenvalue weighted by Crippen LogP contribution is -2.39. The second kappa shape index (κ2) is 8.46. The number of benzene rings is 1.